The van der Waals surface area contributed by atoms with E-state index in [4.69, 9.17) is 10.5 Å². The minimum atomic E-state index is -0.525. The van der Waals surface area contributed by atoms with Gasteiger partial charge in [0.05, 0.1) is 0 Å². The van der Waals surface area contributed by atoms with E-state index in [1.807, 2.05) is 18.3 Å². The first-order chi connectivity index (χ1) is 12.4. The molecule has 0 radical (unpaired) electrons. The van der Waals surface area contributed by atoms with Crippen molar-refractivity contribution in [3.63, 3.8) is 0 Å². The third-order valence-corrected chi connectivity index (χ3v) is 7.18. The summed E-state index contributed by atoms with van der Waals surface area (Å²) < 4.78 is 8.70. The summed E-state index contributed by atoms with van der Waals surface area (Å²) in [6, 6.07) is 3.75. The van der Waals surface area contributed by atoms with Crippen LogP contribution in [0.25, 0.3) is 5.52 Å². The van der Waals surface area contributed by atoms with Crippen molar-refractivity contribution in [1.82, 2.24) is 9.61 Å². The molecular formula is C17H26IN5O3. The number of halogens is 1. The molecule has 3 rings (SSSR count). The minimum absolute atomic E-state index is 0.127. The summed E-state index contributed by atoms with van der Waals surface area (Å²) in [6.07, 6.45) is 3.16. The number of anilines is 1. The number of hydrogen-bond donors (Lipinski definition) is 3. The Labute approximate surface area is 163 Å². The Morgan fingerprint density at radius 2 is 2.42 bits per heavy atom. The summed E-state index contributed by atoms with van der Waals surface area (Å²) in [5, 5.41) is 18.5. The molecule has 144 valence electrons. The third-order valence-electron chi connectivity index (χ3n) is 4.20. The Hall–Kier alpha value is -1.43. The Morgan fingerprint density at radius 1 is 1.62 bits per heavy atom. The van der Waals surface area contributed by atoms with Gasteiger partial charge in [0, 0.05) is 0 Å². The van der Waals surface area contributed by atoms with Crippen LogP contribution in [0.5, 0.6) is 0 Å². The van der Waals surface area contributed by atoms with Gasteiger partial charge in [-0.15, -0.1) is 0 Å². The molecule has 2 aromatic heterocycles. The van der Waals surface area contributed by atoms with Crippen molar-refractivity contribution >= 4 is 17.1 Å². The van der Waals surface area contributed by atoms with Crippen LogP contribution in [-0.4, -0.2) is 60.4 Å². The number of carbonyl (C=O) groups excluding carboxylic acids is 1. The fourth-order valence-electron chi connectivity index (χ4n) is 3.20. The maximum atomic E-state index is 11.8. The summed E-state index contributed by atoms with van der Waals surface area (Å²) in [4.78, 5) is 11.8. The fourth-order valence-corrected chi connectivity index (χ4v) is 6.34. The van der Waals surface area contributed by atoms with Crippen LogP contribution in [0.2, 0.25) is 0 Å². The van der Waals surface area contributed by atoms with Crippen LogP contribution in [-0.2, 0) is 4.74 Å². The second kappa shape index (κ2) is 8.07. The number of aromatic nitrogens is 2. The van der Waals surface area contributed by atoms with Gasteiger partial charge >= 0.3 is 163 Å². The van der Waals surface area contributed by atoms with Crippen molar-refractivity contribution in [3.05, 3.63) is 30.1 Å². The second-order valence-corrected chi connectivity index (χ2v) is 10.5. The maximum absolute atomic E-state index is 11.8. The van der Waals surface area contributed by atoms with E-state index in [1.165, 1.54) is 6.20 Å². The summed E-state index contributed by atoms with van der Waals surface area (Å²) >= 11 is -0.376. The van der Waals surface area contributed by atoms with Gasteiger partial charge in [0.25, 0.3) is 0 Å². The first-order valence-corrected chi connectivity index (χ1v) is 11.2. The second-order valence-electron chi connectivity index (χ2n) is 6.90. The number of primary amides is 1. The number of fused-ring (bicyclic) bond motifs is 1. The van der Waals surface area contributed by atoms with Crippen molar-refractivity contribution in [2.24, 2.45) is 11.7 Å². The number of ether oxygens (including phenoxy) is 1. The standard InChI is InChI=1S/C17H26IN5O3/c1-12(2)10-23(25)11-13(26-7-5-18-23)8-20-16-14(17(19)24)9-21-22-6-3-4-15(16)22/h3-4,6,9,12-13,20,25H,5,7-8,10-11H2,1-2H3,(H2,19,24). The Kier molecular flexibility index (Phi) is 6.00. The van der Waals surface area contributed by atoms with Gasteiger partial charge in [-0.1, -0.05) is 0 Å². The summed E-state index contributed by atoms with van der Waals surface area (Å²) in [7, 11) is 0. The van der Waals surface area contributed by atoms with E-state index < -0.39 is 5.91 Å². The van der Waals surface area contributed by atoms with E-state index in [-0.39, 0.29) is 30.4 Å². The van der Waals surface area contributed by atoms with Crippen molar-refractivity contribution < 1.29 is 39.1 Å². The van der Waals surface area contributed by atoms with Gasteiger partial charge in [-0.3, -0.25) is 0 Å². The summed E-state index contributed by atoms with van der Waals surface area (Å²) in [6.45, 7) is 6.72. The topological polar surface area (TPSA) is 102 Å². The van der Waals surface area contributed by atoms with E-state index in [0.29, 0.717) is 36.9 Å². The molecule has 4 N–H and O–H groups in total. The van der Waals surface area contributed by atoms with Gasteiger partial charge in [-0.05, 0) is 0 Å². The molecule has 1 aliphatic rings. The first kappa shape index (κ1) is 19.3. The van der Waals surface area contributed by atoms with Crippen LogP contribution in [0, 0.1) is 5.92 Å². The predicted molar refractivity (Wildman–Crippen MR) is 93.4 cm³/mol. The normalized spacial score (nSPS) is 24.2. The number of quaternary nitrogens is 1. The van der Waals surface area contributed by atoms with Crippen LogP contribution < -0.4 is 32.5 Å². The van der Waals surface area contributed by atoms with Crippen molar-refractivity contribution in [2.75, 3.05) is 36.0 Å². The number of alkyl halides is 1. The van der Waals surface area contributed by atoms with Crippen molar-refractivity contribution in [1.29, 1.82) is 0 Å². The monoisotopic (exact) mass is 475 g/mol. The SMILES string of the molecule is CC(C)C[N+]1(O)CC(CNc2c(C(N)=O)cnn3cccc23)OCC[I-]1. The summed E-state index contributed by atoms with van der Waals surface area (Å²) in [5.41, 5.74) is 7.30. The average molecular weight is 475 g/mol. The molecule has 26 heavy (non-hydrogen) atoms. The number of rotatable bonds is 6. The molecule has 0 bridgehead atoms. The molecule has 1 amide bonds. The Morgan fingerprint density at radius 3 is 3.15 bits per heavy atom. The molecule has 2 unspecified atom stereocenters. The zero-order valence-corrected chi connectivity index (χ0v) is 17.2. The number of hydroxylamine groups is 2. The number of nitrogens with one attached hydrogen (secondary N) is 1. The van der Waals surface area contributed by atoms with E-state index in [0.717, 1.165) is 16.5 Å². The molecule has 9 heteroatoms. The van der Waals surface area contributed by atoms with E-state index in [9.17, 15) is 10.0 Å². The third kappa shape index (κ3) is 4.45. The molecule has 2 aromatic rings. The molecule has 0 saturated carbocycles. The average Bonchev–Trinajstić information content (AvgIpc) is 2.96. The number of amides is 1. The van der Waals surface area contributed by atoms with Gasteiger partial charge in [0.1, 0.15) is 0 Å². The zero-order chi connectivity index (χ0) is 18.7. The van der Waals surface area contributed by atoms with Crippen LogP contribution in [0.1, 0.15) is 24.2 Å². The van der Waals surface area contributed by atoms with Crippen LogP contribution in [0.3, 0.4) is 0 Å². The van der Waals surface area contributed by atoms with Gasteiger partial charge < -0.3 is 0 Å². The molecule has 1 aliphatic heterocycles. The number of hydrogen-bond acceptors (Lipinski definition) is 5. The Balaban J connectivity index is 1.77. The molecule has 0 spiro atoms. The quantitative estimate of drug-likeness (QED) is 0.258. The molecule has 8 nitrogen and oxygen atoms in total. The number of nitrogens with two attached hydrogens (primary N) is 1. The van der Waals surface area contributed by atoms with E-state index in [2.05, 4.69) is 24.3 Å². The van der Waals surface area contributed by atoms with Gasteiger partial charge in [0.2, 0.25) is 0 Å². The fraction of sp³-hybridized carbons (Fsp3) is 0.529. The predicted octanol–water partition coefficient (Wildman–Crippen LogP) is -1.89. The molecular weight excluding hydrogens is 449 g/mol. The molecule has 3 heterocycles. The van der Waals surface area contributed by atoms with Crippen LogP contribution in [0.4, 0.5) is 5.69 Å². The van der Waals surface area contributed by atoms with E-state index >= 15 is 0 Å². The molecule has 2 atom stereocenters. The van der Waals surface area contributed by atoms with E-state index in [1.54, 1.807) is 4.52 Å². The summed E-state index contributed by atoms with van der Waals surface area (Å²) in [5.74, 6) is -0.100. The van der Waals surface area contributed by atoms with Gasteiger partial charge in [-0.25, -0.2) is 0 Å². The molecule has 0 aromatic carbocycles. The van der Waals surface area contributed by atoms with Crippen LogP contribution >= 0.6 is 0 Å². The van der Waals surface area contributed by atoms with Gasteiger partial charge in [-0.2, -0.15) is 0 Å². The molecule has 1 fully saturated rings. The molecule has 1 saturated heterocycles. The molecule has 0 aliphatic carbocycles. The first-order valence-electron chi connectivity index (χ1n) is 8.70. The zero-order valence-electron chi connectivity index (χ0n) is 15.1. The Bertz CT molecular complexity index is 781. The number of nitrogens with zero attached hydrogens (tertiary/aromatic N) is 3. The number of carbonyl (C=O) groups is 1. The van der Waals surface area contributed by atoms with Crippen molar-refractivity contribution in [3.8, 4) is 0 Å². The van der Waals surface area contributed by atoms with Crippen LogP contribution in [0.15, 0.2) is 24.5 Å². The van der Waals surface area contributed by atoms with Gasteiger partial charge in [0.15, 0.2) is 0 Å². The van der Waals surface area contributed by atoms with Crippen molar-refractivity contribution in [2.45, 2.75) is 20.0 Å².